The Morgan fingerprint density at radius 3 is 2.45 bits per heavy atom. The van der Waals surface area contributed by atoms with Gasteiger partial charge in [-0.3, -0.25) is 9.48 Å². The molecule has 0 bridgehead atoms. The average Bonchev–Trinajstić information content (AvgIpc) is 3.00. The number of amides is 1. The molecule has 3 heterocycles. The Morgan fingerprint density at radius 2 is 1.86 bits per heavy atom. The zero-order chi connectivity index (χ0) is 15.5. The van der Waals surface area contributed by atoms with Gasteiger partial charge in [-0.25, -0.2) is 0 Å². The number of hydrogen-bond acceptors (Lipinski definition) is 4. The molecule has 0 saturated carbocycles. The zero-order valence-electron chi connectivity index (χ0n) is 13.6. The fourth-order valence-corrected chi connectivity index (χ4v) is 3.61. The number of likely N-dealkylation sites (tertiary alicyclic amines) is 1. The van der Waals surface area contributed by atoms with E-state index < -0.39 is 0 Å². The lowest BCUT2D eigenvalue weighted by Gasteiger charge is -2.41. The van der Waals surface area contributed by atoms with Crippen molar-refractivity contribution in [2.75, 3.05) is 33.4 Å². The fourth-order valence-electron chi connectivity index (χ4n) is 3.61. The van der Waals surface area contributed by atoms with Gasteiger partial charge in [-0.1, -0.05) is 0 Å². The monoisotopic (exact) mass is 306 g/mol. The summed E-state index contributed by atoms with van der Waals surface area (Å²) in [5.74, 6) is 0.104. The van der Waals surface area contributed by atoms with Crippen LogP contribution >= 0.6 is 0 Å². The van der Waals surface area contributed by atoms with E-state index in [2.05, 4.69) is 17.0 Å². The Morgan fingerprint density at radius 1 is 1.23 bits per heavy atom. The number of hydrogen-bond donors (Lipinski definition) is 0. The highest BCUT2D eigenvalue weighted by Gasteiger charge is 2.30. The summed E-state index contributed by atoms with van der Waals surface area (Å²) in [6, 6.07) is 3.01. The molecule has 1 aromatic rings. The van der Waals surface area contributed by atoms with Crippen LogP contribution in [-0.2, 0) is 11.8 Å². The maximum Gasteiger partial charge on any atom is 0.272 e. The summed E-state index contributed by atoms with van der Waals surface area (Å²) in [6.07, 6.45) is 6.04. The molecule has 1 amide bonds. The van der Waals surface area contributed by atoms with Crippen molar-refractivity contribution in [1.29, 1.82) is 0 Å². The maximum atomic E-state index is 12.5. The molecule has 2 aliphatic heterocycles. The van der Waals surface area contributed by atoms with Crippen LogP contribution in [0.25, 0.3) is 0 Å². The van der Waals surface area contributed by atoms with Gasteiger partial charge in [-0.05, 0) is 38.8 Å². The van der Waals surface area contributed by atoms with Gasteiger partial charge in [0.15, 0.2) is 0 Å². The van der Waals surface area contributed by atoms with Crippen LogP contribution in [-0.4, -0.2) is 70.9 Å². The Labute approximate surface area is 132 Å². The molecule has 22 heavy (non-hydrogen) atoms. The van der Waals surface area contributed by atoms with E-state index in [1.165, 1.54) is 0 Å². The lowest BCUT2D eigenvalue weighted by atomic mass is 9.98. The first kappa shape index (κ1) is 15.5. The predicted octanol–water partition coefficient (Wildman–Crippen LogP) is 1.14. The average molecular weight is 306 g/mol. The van der Waals surface area contributed by atoms with E-state index in [0.29, 0.717) is 17.8 Å². The van der Waals surface area contributed by atoms with Crippen molar-refractivity contribution < 1.29 is 9.53 Å². The van der Waals surface area contributed by atoms with E-state index in [1.807, 2.05) is 11.9 Å². The molecule has 0 aromatic carbocycles. The molecule has 3 rings (SSSR count). The number of nitrogens with zero attached hydrogens (tertiary/aromatic N) is 4. The number of ether oxygens (including phenoxy) is 1. The van der Waals surface area contributed by atoms with Crippen molar-refractivity contribution in [2.45, 2.75) is 37.8 Å². The third-order valence-electron chi connectivity index (χ3n) is 5.13. The molecule has 0 unspecified atom stereocenters. The van der Waals surface area contributed by atoms with E-state index in [9.17, 15) is 4.79 Å². The van der Waals surface area contributed by atoms with Crippen molar-refractivity contribution in [1.82, 2.24) is 19.6 Å². The number of rotatable bonds is 3. The zero-order valence-corrected chi connectivity index (χ0v) is 13.6. The number of carbonyl (C=O) groups is 1. The van der Waals surface area contributed by atoms with Gasteiger partial charge in [0.05, 0.1) is 0 Å². The fraction of sp³-hybridized carbons (Fsp3) is 0.750. The molecule has 0 spiro atoms. The highest BCUT2D eigenvalue weighted by atomic mass is 16.5. The summed E-state index contributed by atoms with van der Waals surface area (Å²) in [6.45, 7) is 3.43. The van der Waals surface area contributed by atoms with E-state index >= 15 is 0 Å². The first-order valence-corrected chi connectivity index (χ1v) is 8.24. The Hall–Kier alpha value is -1.40. The molecule has 0 N–H and O–H groups in total. The van der Waals surface area contributed by atoms with Crippen molar-refractivity contribution in [3.8, 4) is 0 Å². The smallest absolute Gasteiger partial charge is 0.272 e. The van der Waals surface area contributed by atoms with Crippen LogP contribution < -0.4 is 0 Å². The number of aromatic nitrogens is 2. The van der Waals surface area contributed by atoms with Gasteiger partial charge < -0.3 is 14.5 Å². The second-order valence-electron chi connectivity index (χ2n) is 6.37. The Bertz CT molecular complexity index is 502. The third kappa shape index (κ3) is 3.17. The number of piperidine rings is 1. The molecule has 6 nitrogen and oxygen atoms in total. The minimum Gasteiger partial charge on any atom is -0.381 e. The van der Waals surface area contributed by atoms with Crippen molar-refractivity contribution in [3.05, 3.63) is 18.0 Å². The van der Waals surface area contributed by atoms with Gasteiger partial charge in [0.2, 0.25) is 0 Å². The summed E-state index contributed by atoms with van der Waals surface area (Å²) >= 11 is 0. The van der Waals surface area contributed by atoms with Crippen LogP contribution in [0.15, 0.2) is 12.3 Å². The van der Waals surface area contributed by atoms with E-state index in [1.54, 1.807) is 16.9 Å². The second kappa shape index (κ2) is 6.79. The molecule has 0 atom stereocenters. The summed E-state index contributed by atoms with van der Waals surface area (Å²) in [7, 11) is 4.05. The second-order valence-corrected chi connectivity index (χ2v) is 6.37. The van der Waals surface area contributed by atoms with Gasteiger partial charge in [0, 0.05) is 51.6 Å². The Kier molecular flexibility index (Phi) is 4.78. The molecule has 1 aromatic heterocycles. The minimum absolute atomic E-state index is 0.104. The summed E-state index contributed by atoms with van der Waals surface area (Å²) in [5, 5.41) is 4.09. The first-order chi connectivity index (χ1) is 10.7. The highest BCUT2D eigenvalue weighted by Crippen LogP contribution is 2.22. The van der Waals surface area contributed by atoms with E-state index in [-0.39, 0.29) is 5.91 Å². The molecular formula is C16H26N4O2. The van der Waals surface area contributed by atoms with E-state index in [0.717, 1.165) is 52.0 Å². The van der Waals surface area contributed by atoms with Gasteiger partial charge in [0.25, 0.3) is 5.91 Å². The topological polar surface area (TPSA) is 50.6 Å². The van der Waals surface area contributed by atoms with Gasteiger partial charge in [-0.2, -0.15) is 5.10 Å². The SMILES string of the molecule is CN(C1CCOCC1)C1CCN(C(=O)c2ccnn2C)CC1. The van der Waals surface area contributed by atoms with Crippen LogP contribution in [0.4, 0.5) is 0 Å². The van der Waals surface area contributed by atoms with Gasteiger partial charge >= 0.3 is 0 Å². The van der Waals surface area contributed by atoms with Crippen LogP contribution in [0.3, 0.4) is 0 Å². The molecular weight excluding hydrogens is 280 g/mol. The molecule has 2 aliphatic rings. The van der Waals surface area contributed by atoms with E-state index in [4.69, 9.17) is 4.74 Å². The molecule has 122 valence electrons. The summed E-state index contributed by atoms with van der Waals surface area (Å²) < 4.78 is 7.11. The number of carbonyl (C=O) groups excluding carboxylic acids is 1. The largest absolute Gasteiger partial charge is 0.381 e. The maximum absolute atomic E-state index is 12.5. The molecule has 2 saturated heterocycles. The van der Waals surface area contributed by atoms with Crippen molar-refractivity contribution in [3.63, 3.8) is 0 Å². The van der Waals surface area contributed by atoms with Crippen LogP contribution in [0.2, 0.25) is 0 Å². The van der Waals surface area contributed by atoms with Gasteiger partial charge in [-0.15, -0.1) is 0 Å². The van der Waals surface area contributed by atoms with Gasteiger partial charge in [0.1, 0.15) is 5.69 Å². The normalized spacial score (nSPS) is 21.5. The lowest BCUT2D eigenvalue weighted by Crippen LogP contribution is -2.49. The predicted molar refractivity (Wildman–Crippen MR) is 83.7 cm³/mol. The quantitative estimate of drug-likeness (QED) is 0.840. The van der Waals surface area contributed by atoms with Crippen LogP contribution in [0, 0.1) is 0 Å². The molecule has 0 radical (unpaired) electrons. The molecule has 2 fully saturated rings. The summed E-state index contributed by atoms with van der Waals surface area (Å²) in [4.78, 5) is 17.0. The van der Waals surface area contributed by atoms with Crippen LogP contribution in [0.5, 0.6) is 0 Å². The Balaban J connectivity index is 1.53. The standard InChI is InChI=1S/C16H26N4O2/c1-18(14-6-11-22-12-7-14)13-4-9-20(10-5-13)16(21)15-3-8-17-19(15)2/h3,8,13-14H,4-7,9-12H2,1-2H3. The summed E-state index contributed by atoms with van der Waals surface area (Å²) in [5.41, 5.74) is 0.677. The molecule has 0 aliphatic carbocycles. The highest BCUT2D eigenvalue weighted by molar-refractivity contribution is 5.92. The minimum atomic E-state index is 0.104. The first-order valence-electron chi connectivity index (χ1n) is 8.24. The molecule has 6 heteroatoms. The van der Waals surface area contributed by atoms with Crippen LogP contribution in [0.1, 0.15) is 36.2 Å². The third-order valence-corrected chi connectivity index (χ3v) is 5.13. The van der Waals surface area contributed by atoms with Crippen molar-refractivity contribution in [2.24, 2.45) is 7.05 Å². The van der Waals surface area contributed by atoms with Crippen molar-refractivity contribution >= 4 is 5.91 Å². The lowest BCUT2D eigenvalue weighted by molar-refractivity contribution is 0.0151. The number of aryl methyl sites for hydroxylation is 1.